The smallest absolute Gasteiger partial charge is 0.276 e. The highest BCUT2D eigenvalue weighted by Gasteiger charge is 2.16. The average molecular weight is 307 g/mol. The quantitative estimate of drug-likeness (QED) is 0.678. The van der Waals surface area contributed by atoms with Crippen LogP contribution in [-0.4, -0.2) is 10.8 Å². The molecule has 2 aromatic rings. The minimum Gasteiger partial charge on any atom is -0.489 e. The monoisotopic (exact) mass is 306 g/mol. The number of nitrogens with two attached hydrogens (primary N) is 1. The van der Waals surface area contributed by atoms with Gasteiger partial charge < -0.3 is 10.5 Å². The summed E-state index contributed by atoms with van der Waals surface area (Å²) in [4.78, 5) is 21.5. The van der Waals surface area contributed by atoms with Gasteiger partial charge in [0, 0.05) is 16.7 Å². The minimum absolute atomic E-state index is 0.00299. The number of amides is 1. The van der Waals surface area contributed by atoms with Gasteiger partial charge in [-0.1, -0.05) is 11.6 Å². The van der Waals surface area contributed by atoms with Crippen LogP contribution in [0.4, 0.5) is 5.69 Å². The van der Waals surface area contributed by atoms with E-state index in [2.05, 4.69) is 0 Å². The number of rotatable bonds is 5. The van der Waals surface area contributed by atoms with Gasteiger partial charge in [-0.05, 0) is 36.4 Å². The Morgan fingerprint density at radius 1 is 1.24 bits per heavy atom. The second-order valence-electron chi connectivity index (χ2n) is 4.21. The van der Waals surface area contributed by atoms with Gasteiger partial charge in [-0.2, -0.15) is 0 Å². The van der Waals surface area contributed by atoms with E-state index < -0.39 is 10.8 Å². The van der Waals surface area contributed by atoms with E-state index in [1.165, 1.54) is 12.1 Å². The highest BCUT2D eigenvalue weighted by molar-refractivity contribution is 6.30. The third-order valence-electron chi connectivity index (χ3n) is 2.77. The predicted octanol–water partition coefficient (Wildman–Crippen LogP) is 2.93. The topological polar surface area (TPSA) is 95.5 Å². The van der Waals surface area contributed by atoms with Crippen molar-refractivity contribution in [1.29, 1.82) is 0 Å². The Labute approximate surface area is 125 Å². The van der Waals surface area contributed by atoms with Crippen molar-refractivity contribution in [3.8, 4) is 5.75 Å². The zero-order valence-electron chi connectivity index (χ0n) is 10.8. The zero-order chi connectivity index (χ0) is 15.4. The first-order valence-corrected chi connectivity index (χ1v) is 6.30. The van der Waals surface area contributed by atoms with E-state index in [-0.39, 0.29) is 17.9 Å². The normalized spacial score (nSPS) is 10.1. The molecule has 0 aliphatic rings. The fourth-order valence-corrected chi connectivity index (χ4v) is 1.83. The number of primary amides is 1. The molecular formula is C14H11ClN2O4. The van der Waals surface area contributed by atoms with Crippen LogP contribution in [0.2, 0.25) is 5.02 Å². The molecular weight excluding hydrogens is 296 g/mol. The number of hydrogen-bond donors (Lipinski definition) is 1. The lowest BCUT2D eigenvalue weighted by Crippen LogP contribution is -2.12. The maximum atomic E-state index is 11.1. The predicted molar refractivity (Wildman–Crippen MR) is 77.4 cm³/mol. The third-order valence-corrected chi connectivity index (χ3v) is 3.03. The van der Waals surface area contributed by atoms with Crippen LogP contribution in [0.5, 0.6) is 5.75 Å². The van der Waals surface area contributed by atoms with Crippen molar-refractivity contribution < 1.29 is 14.5 Å². The number of carbonyl (C=O) groups is 1. The Balaban J connectivity index is 2.21. The molecule has 0 aromatic heterocycles. The Morgan fingerprint density at radius 3 is 2.48 bits per heavy atom. The first-order valence-electron chi connectivity index (χ1n) is 5.93. The SMILES string of the molecule is NC(=O)c1ccc(COc2ccc(Cl)cc2)c([N+](=O)[O-])c1. The van der Waals surface area contributed by atoms with Crippen molar-refractivity contribution in [1.82, 2.24) is 0 Å². The third kappa shape index (κ3) is 3.70. The Bertz CT molecular complexity index is 686. The van der Waals surface area contributed by atoms with Gasteiger partial charge in [0.1, 0.15) is 12.4 Å². The van der Waals surface area contributed by atoms with Crippen molar-refractivity contribution in [2.75, 3.05) is 0 Å². The Morgan fingerprint density at radius 2 is 1.90 bits per heavy atom. The molecule has 0 aliphatic carbocycles. The molecule has 7 heteroatoms. The lowest BCUT2D eigenvalue weighted by atomic mass is 10.1. The van der Waals surface area contributed by atoms with Gasteiger partial charge in [0.25, 0.3) is 5.69 Å². The number of halogens is 1. The lowest BCUT2D eigenvalue weighted by molar-refractivity contribution is -0.385. The molecule has 0 unspecified atom stereocenters. The van der Waals surface area contributed by atoms with Crippen LogP contribution >= 0.6 is 11.6 Å². The van der Waals surface area contributed by atoms with Crippen molar-refractivity contribution in [3.05, 3.63) is 68.7 Å². The molecule has 0 spiro atoms. The molecule has 1 amide bonds. The molecule has 0 fully saturated rings. The molecule has 2 N–H and O–H groups in total. The van der Waals surface area contributed by atoms with Crippen LogP contribution in [0.15, 0.2) is 42.5 Å². The molecule has 108 valence electrons. The molecule has 2 aromatic carbocycles. The lowest BCUT2D eigenvalue weighted by Gasteiger charge is -2.07. The van der Waals surface area contributed by atoms with Gasteiger partial charge in [0.15, 0.2) is 0 Å². The summed E-state index contributed by atoms with van der Waals surface area (Å²) in [6.45, 7) is -0.00299. The molecule has 0 heterocycles. The van der Waals surface area contributed by atoms with E-state index >= 15 is 0 Å². The molecule has 21 heavy (non-hydrogen) atoms. The van der Waals surface area contributed by atoms with Crippen LogP contribution < -0.4 is 10.5 Å². The highest BCUT2D eigenvalue weighted by Crippen LogP contribution is 2.23. The molecule has 2 rings (SSSR count). The van der Waals surface area contributed by atoms with Crippen LogP contribution in [0.3, 0.4) is 0 Å². The average Bonchev–Trinajstić information content (AvgIpc) is 2.46. The number of carbonyl (C=O) groups excluding carboxylic acids is 1. The van der Waals surface area contributed by atoms with Crippen LogP contribution in [0, 0.1) is 10.1 Å². The molecule has 0 atom stereocenters. The summed E-state index contributed by atoms with van der Waals surface area (Å²) >= 11 is 5.75. The summed E-state index contributed by atoms with van der Waals surface area (Å²) in [5.41, 5.74) is 5.33. The summed E-state index contributed by atoms with van der Waals surface area (Å²) < 4.78 is 5.46. The fraction of sp³-hybridized carbons (Fsp3) is 0.0714. The first-order chi connectivity index (χ1) is 9.97. The summed E-state index contributed by atoms with van der Waals surface area (Å²) in [6, 6.07) is 10.6. The number of nitro groups is 1. The highest BCUT2D eigenvalue weighted by atomic mass is 35.5. The fourth-order valence-electron chi connectivity index (χ4n) is 1.70. The summed E-state index contributed by atoms with van der Waals surface area (Å²) in [5, 5.41) is 11.6. The van der Waals surface area contributed by atoms with E-state index in [0.717, 1.165) is 6.07 Å². The van der Waals surface area contributed by atoms with Gasteiger partial charge >= 0.3 is 0 Å². The zero-order valence-corrected chi connectivity index (χ0v) is 11.5. The molecule has 0 aliphatic heterocycles. The minimum atomic E-state index is -0.719. The second-order valence-corrected chi connectivity index (χ2v) is 4.64. The number of benzene rings is 2. The van der Waals surface area contributed by atoms with Gasteiger partial charge in [-0.25, -0.2) is 0 Å². The Kier molecular flexibility index (Phi) is 4.39. The van der Waals surface area contributed by atoms with E-state index in [0.29, 0.717) is 16.3 Å². The van der Waals surface area contributed by atoms with Crippen LogP contribution in [0.1, 0.15) is 15.9 Å². The molecule has 0 saturated carbocycles. The Hall–Kier alpha value is -2.60. The summed E-state index contributed by atoms with van der Waals surface area (Å²) in [7, 11) is 0. The van der Waals surface area contributed by atoms with Gasteiger partial charge in [-0.15, -0.1) is 0 Å². The van der Waals surface area contributed by atoms with Crippen molar-refractivity contribution in [2.45, 2.75) is 6.61 Å². The van der Waals surface area contributed by atoms with Gasteiger partial charge in [-0.3, -0.25) is 14.9 Å². The van der Waals surface area contributed by atoms with Crippen LogP contribution in [0.25, 0.3) is 0 Å². The van der Waals surface area contributed by atoms with E-state index in [1.54, 1.807) is 24.3 Å². The summed E-state index contributed by atoms with van der Waals surface area (Å²) in [5.74, 6) is -0.184. The molecule has 0 saturated heterocycles. The van der Waals surface area contributed by atoms with Crippen molar-refractivity contribution in [2.24, 2.45) is 5.73 Å². The number of nitro benzene ring substituents is 1. The summed E-state index contributed by atoms with van der Waals surface area (Å²) in [6.07, 6.45) is 0. The van der Waals surface area contributed by atoms with Crippen molar-refractivity contribution in [3.63, 3.8) is 0 Å². The molecule has 6 nitrogen and oxygen atoms in total. The van der Waals surface area contributed by atoms with E-state index in [4.69, 9.17) is 22.1 Å². The van der Waals surface area contributed by atoms with Crippen LogP contribution in [-0.2, 0) is 6.61 Å². The molecule has 0 radical (unpaired) electrons. The van der Waals surface area contributed by atoms with E-state index in [9.17, 15) is 14.9 Å². The second kappa shape index (κ2) is 6.23. The largest absolute Gasteiger partial charge is 0.489 e. The number of ether oxygens (including phenoxy) is 1. The number of hydrogen-bond acceptors (Lipinski definition) is 4. The maximum Gasteiger partial charge on any atom is 0.276 e. The number of nitrogens with zero attached hydrogens (tertiary/aromatic N) is 1. The standard InChI is InChI=1S/C14H11ClN2O4/c15-11-3-5-12(6-4-11)21-8-10-2-1-9(14(16)18)7-13(10)17(19)20/h1-7H,8H2,(H2,16,18). The van der Waals surface area contributed by atoms with Gasteiger partial charge in [0.2, 0.25) is 5.91 Å². The first kappa shape index (κ1) is 14.8. The molecule has 0 bridgehead atoms. The maximum absolute atomic E-state index is 11.1. The van der Waals surface area contributed by atoms with E-state index in [1.807, 2.05) is 0 Å². The van der Waals surface area contributed by atoms with Gasteiger partial charge in [0.05, 0.1) is 10.5 Å². The van der Waals surface area contributed by atoms with Crippen molar-refractivity contribution >= 4 is 23.2 Å².